The summed E-state index contributed by atoms with van der Waals surface area (Å²) in [6.45, 7) is 2.10. The van der Waals surface area contributed by atoms with Crippen LogP contribution < -0.4 is 5.32 Å². The zero-order valence-electron chi connectivity index (χ0n) is 8.05. The molecule has 0 aromatic rings. The van der Waals surface area contributed by atoms with E-state index in [0.29, 0.717) is 6.42 Å². The van der Waals surface area contributed by atoms with Crippen LogP contribution in [0.25, 0.3) is 0 Å². The second-order valence-electron chi connectivity index (χ2n) is 4.57. The highest BCUT2D eigenvalue weighted by Crippen LogP contribution is 2.42. The van der Waals surface area contributed by atoms with E-state index < -0.39 is 0 Å². The first kappa shape index (κ1) is 9.00. The first-order valence-corrected chi connectivity index (χ1v) is 5.10. The maximum Gasteiger partial charge on any atom is 0.220 e. The number of hydrogen-bond acceptors (Lipinski definition) is 2. The van der Waals surface area contributed by atoms with Gasteiger partial charge in [-0.2, -0.15) is 0 Å². The Balaban J connectivity index is 2.17. The van der Waals surface area contributed by atoms with Gasteiger partial charge < -0.3 is 10.4 Å². The highest BCUT2D eigenvalue weighted by atomic mass is 16.3. The van der Waals surface area contributed by atoms with Crippen molar-refractivity contribution in [3.8, 4) is 0 Å². The second-order valence-corrected chi connectivity index (χ2v) is 4.57. The lowest BCUT2D eigenvalue weighted by molar-refractivity contribution is -0.131. The number of carbonyl (C=O) groups excluding carboxylic acids is 1. The SMILES string of the molecule is C[C@]12CCC(=O)N[C@H]1CCC[C@H]2O. The van der Waals surface area contributed by atoms with Gasteiger partial charge in [-0.1, -0.05) is 6.92 Å². The van der Waals surface area contributed by atoms with Crippen molar-refractivity contribution in [1.29, 1.82) is 0 Å². The summed E-state index contributed by atoms with van der Waals surface area (Å²) < 4.78 is 0. The van der Waals surface area contributed by atoms with E-state index in [1.165, 1.54) is 0 Å². The molecule has 1 aliphatic carbocycles. The van der Waals surface area contributed by atoms with E-state index >= 15 is 0 Å². The number of hydrogen-bond donors (Lipinski definition) is 2. The maximum absolute atomic E-state index is 11.2. The van der Waals surface area contributed by atoms with Crippen LogP contribution in [0.1, 0.15) is 39.0 Å². The van der Waals surface area contributed by atoms with E-state index in [0.717, 1.165) is 25.7 Å². The summed E-state index contributed by atoms with van der Waals surface area (Å²) in [7, 11) is 0. The van der Waals surface area contributed by atoms with Gasteiger partial charge in [-0.15, -0.1) is 0 Å². The molecule has 1 aliphatic heterocycles. The fourth-order valence-electron chi connectivity index (χ4n) is 2.63. The summed E-state index contributed by atoms with van der Waals surface area (Å²) >= 11 is 0. The molecule has 74 valence electrons. The monoisotopic (exact) mass is 183 g/mol. The van der Waals surface area contributed by atoms with Crippen molar-refractivity contribution in [1.82, 2.24) is 5.32 Å². The average molecular weight is 183 g/mol. The van der Waals surface area contributed by atoms with E-state index in [1.807, 2.05) is 0 Å². The van der Waals surface area contributed by atoms with Gasteiger partial charge in [0.2, 0.25) is 5.91 Å². The third-order valence-corrected chi connectivity index (χ3v) is 3.75. The number of fused-ring (bicyclic) bond motifs is 1. The Morgan fingerprint density at radius 2 is 2.31 bits per heavy atom. The van der Waals surface area contributed by atoms with Gasteiger partial charge in [-0.25, -0.2) is 0 Å². The standard InChI is InChI=1S/C10H17NO2/c1-10-6-5-9(13)11-7(10)3-2-4-8(10)12/h7-8,12H,2-6H2,1H3,(H,11,13)/t7-,8+,10-/m0/s1. The Morgan fingerprint density at radius 3 is 3.08 bits per heavy atom. The normalized spacial score (nSPS) is 45.2. The molecular formula is C10H17NO2. The minimum absolute atomic E-state index is 0.0633. The molecule has 2 aliphatic rings. The smallest absolute Gasteiger partial charge is 0.220 e. The molecule has 0 aromatic heterocycles. The summed E-state index contributed by atoms with van der Waals surface area (Å²) in [6, 6.07) is 0.206. The number of carbonyl (C=O) groups is 1. The fraction of sp³-hybridized carbons (Fsp3) is 0.900. The Hall–Kier alpha value is -0.570. The second kappa shape index (κ2) is 2.98. The lowest BCUT2D eigenvalue weighted by atomic mass is 9.65. The van der Waals surface area contributed by atoms with Crippen molar-refractivity contribution in [2.75, 3.05) is 0 Å². The Kier molecular flexibility index (Phi) is 2.06. The molecule has 3 atom stereocenters. The third-order valence-electron chi connectivity index (χ3n) is 3.75. The van der Waals surface area contributed by atoms with Crippen LogP contribution in [-0.2, 0) is 4.79 Å². The van der Waals surface area contributed by atoms with Crippen molar-refractivity contribution >= 4 is 5.91 Å². The zero-order valence-corrected chi connectivity index (χ0v) is 8.05. The molecule has 3 heteroatoms. The minimum Gasteiger partial charge on any atom is -0.392 e. The van der Waals surface area contributed by atoms with E-state index in [1.54, 1.807) is 0 Å². The van der Waals surface area contributed by atoms with E-state index in [9.17, 15) is 9.90 Å². The van der Waals surface area contributed by atoms with Crippen molar-refractivity contribution in [3.05, 3.63) is 0 Å². The zero-order chi connectivity index (χ0) is 9.47. The quantitative estimate of drug-likeness (QED) is 0.584. The van der Waals surface area contributed by atoms with E-state index in [2.05, 4.69) is 12.2 Å². The molecule has 0 bridgehead atoms. The van der Waals surface area contributed by atoms with Crippen LogP contribution in [0.2, 0.25) is 0 Å². The van der Waals surface area contributed by atoms with Gasteiger partial charge in [0.05, 0.1) is 6.10 Å². The van der Waals surface area contributed by atoms with Gasteiger partial charge in [0.15, 0.2) is 0 Å². The molecule has 2 N–H and O–H groups in total. The largest absolute Gasteiger partial charge is 0.392 e. The van der Waals surface area contributed by atoms with Crippen LogP contribution in [0.5, 0.6) is 0 Å². The predicted molar refractivity (Wildman–Crippen MR) is 49.1 cm³/mol. The molecule has 0 spiro atoms. The fourth-order valence-corrected chi connectivity index (χ4v) is 2.63. The molecule has 0 unspecified atom stereocenters. The number of aliphatic hydroxyl groups is 1. The molecule has 1 amide bonds. The van der Waals surface area contributed by atoms with Gasteiger partial charge in [0.1, 0.15) is 0 Å². The number of piperidine rings is 1. The molecule has 13 heavy (non-hydrogen) atoms. The lowest BCUT2D eigenvalue weighted by Gasteiger charge is -2.48. The molecule has 2 fully saturated rings. The van der Waals surface area contributed by atoms with Crippen LogP contribution >= 0.6 is 0 Å². The van der Waals surface area contributed by atoms with Crippen molar-refractivity contribution < 1.29 is 9.90 Å². The summed E-state index contributed by atoms with van der Waals surface area (Å²) in [6.07, 6.45) is 4.13. The number of nitrogens with one attached hydrogen (secondary N) is 1. The van der Waals surface area contributed by atoms with Crippen molar-refractivity contribution in [2.24, 2.45) is 5.41 Å². The third kappa shape index (κ3) is 1.35. The minimum atomic E-state index is -0.230. The van der Waals surface area contributed by atoms with E-state index in [-0.39, 0.29) is 23.5 Å². The van der Waals surface area contributed by atoms with Crippen molar-refractivity contribution in [3.63, 3.8) is 0 Å². The van der Waals surface area contributed by atoms with Crippen LogP contribution in [0.3, 0.4) is 0 Å². The Labute approximate surface area is 78.5 Å². The van der Waals surface area contributed by atoms with Crippen molar-refractivity contribution in [2.45, 2.75) is 51.2 Å². The van der Waals surface area contributed by atoms with Crippen LogP contribution in [0.4, 0.5) is 0 Å². The summed E-state index contributed by atoms with van der Waals surface area (Å²) in [4.78, 5) is 11.2. The highest BCUT2D eigenvalue weighted by molar-refractivity contribution is 5.77. The average Bonchev–Trinajstić information content (AvgIpc) is 2.09. The summed E-state index contributed by atoms with van der Waals surface area (Å²) in [5.41, 5.74) is -0.0633. The first-order chi connectivity index (χ1) is 6.13. The number of rotatable bonds is 0. The van der Waals surface area contributed by atoms with Crippen LogP contribution in [0.15, 0.2) is 0 Å². The molecule has 1 heterocycles. The Bertz CT molecular complexity index is 229. The molecular weight excluding hydrogens is 166 g/mol. The summed E-state index contributed by atoms with van der Waals surface area (Å²) in [5.74, 6) is 0.150. The lowest BCUT2D eigenvalue weighted by Crippen LogP contribution is -2.58. The topological polar surface area (TPSA) is 49.3 Å². The molecule has 0 aromatic carbocycles. The molecule has 0 radical (unpaired) electrons. The number of amides is 1. The molecule has 2 rings (SSSR count). The Morgan fingerprint density at radius 1 is 1.54 bits per heavy atom. The summed E-state index contributed by atoms with van der Waals surface area (Å²) in [5, 5.41) is 12.9. The molecule has 1 saturated carbocycles. The van der Waals surface area contributed by atoms with Gasteiger partial charge >= 0.3 is 0 Å². The van der Waals surface area contributed by atoms with Gasteiger partial charge in [0, 0.05) is 17.9 Å². The molecule has 3 nitrogen and oxygen atoms in total. The first-order valence-electron chi connectivity index (χ1n) is 5.10. The van der Waals surface area contributed by atoms with Gasteiger partial charge in [-0.3, -0.25) is 4.79 Å². The van der Waals surface area contributed by atoms with Gasteiger partial charge in [0.25, 0.3) is 0 Å². The molecule has 1 saturated heterocycles. The van der Waals surface area contributed by atoms with E-state index in [4.69, 9.17) is 0 Å². The van der Waals surface area contributed by atoms with Crippen LogP contribution in [0, 0.1) is 5.41 Å². The number of aliphatic hydroxyl groups excluding tert-OH is 1. The highest BCUT2D eigenvalue weighted by Gasteiger charge is 2.46. The maximum atomic E-state index is 11.2. The van der Waals surface area contributed by atoms with Gasteiger partial charge in [-0.05, 0) is 25.7 Å². The predicted octanol–water partition coefficient (Wildman–Crippen LogP) is 0.816. The van der Waals surface area contributed by atoms with Crippen LogP contribution in [-0.4, -0.2) is 23.2 Å².